The van der Waals surface area contributed by atoms with E-state index in [-0.39, 0.29) is 18.5 Å². The maximum absolute atomic E-state index is 12.5. The van der Waals surface area contributed by atoms with Crippen molar-refractivity contribution < 1.29 is 14.3 Å². The number of hydrogen-bond donors (Lipinski definition) is 0. The van der Waals surface area contributed by atoms with E-state index in [1.807, 2.05) is 67.8 Å². The molecule has 2 rings (SSSR count). The van der Waals surface area contributed by atoms with Crippen molar-refractivity contribution in [3.63, 3.8) is 0 Å². The van der Waals surface area contributed by atoms with Gasteiger partial charge in [0.1, 0.15) is 11.6 Å². The summed E-state index contributed by atoms with van der Waals surface area (Å²) < 4.78 is 7.25. The van der Waals surface area contributed by atoms with Crippen LogP contribution in [0.25, 0.3) is 11.8 Å². The van der Waals surface area contributed by atoms with Crippen LogP contribution in [0.1, 0.15) is 35.9 Å². The van der Waals surface area contributed by atoms with Gasteiger partial charge in [0, 0.05) is 30.7 Å². The van der Waals surface area contributed by atoms with Gasteiger partial charge in [-0.1, -0.05) is 17.7 Å². The number of aromatic nitrogens is 1. The molecule has 0 bridgehead atoms. The largest absolute Gasteiger partial charge is 0.448 e. The molecule has 2 aromatic rings. The van der Waals surface area contributed by atoms with Crippen LogP contribution in [0, 0.1) is 43.4 Å². The predicted octanol–water partition coefficient (Wildman–Crippen LogP) is 3.61. The Bertz CT molecular complexity index is 1080. The van der Waals surface area contributed by atoms with Gasteiger partial charge in [-0.05, 0) is 57.5 Å². The van der Waals surface area contributed by atoms with Gasteiger partial charge in [-0.25, -0.2) is 4.79 Å². The molecule has 0 saturated heterocycles. The summed E-state index contributed by atoms with van der Waals surface area (Å²) in [6.45, 7) is 7.57. The van der Waals surface area contributed by atoms with Crippen molar-refractivity contribution in [1.82, 2.24) is 9.47 Å². The number of ether oxygens (including phenoxy) is 1. The number of nitriles is 2. The lowest BCUT2D eigenvalue weighted by atomic mass is 10.1. The van der Waals surface area contributed by atoms with E-state index in [9.17, 15) is 14.9 Å². The second kappa shape index (κ2) is 10.3. The molecule has 1 atom stereocenters. The number of likely N-dealkylation sites (N-methyl/N-ethyl adjacent to an activating group) is 1. The number of carbonyl (C=O) groups excluding carboxylic acids is 2. The molecule has 31 heavy (non-hydrogen) atoms. The number of nitrogens with zero attached hydrogens (tertiary/aromatic N) is 4. The van der Waals surface area contributed by atoms with E-state index in [0.717, 1.165) is 28.2 Å². The zero-order valence-electron chi connectivity index (χ0n) is 18.5. The summed E-state index contributed by atoms with van der Waals surface area (Å²) in [6, 6.07) is 13.8. The number of esters is 1. The van der Waals surface area contributed by atoms with Crippen LogP contribution in [-0.2, 0) is 14.3 Å². The topological polar surface area (TPSA) is 99.1 Å². The molecule has 0 aliphatic carbocycles. The van der Waals surface area contributed by atoms with Crippen LogP contribution in [-0.4, -0.2) is 41.0 Å². The van der Waals surface area contributed by atoms with Gasteiger partial charge in [-0.3, -0.25) is 4.79 Å². The highest BCUT2D eigenvalue weighted by atomic mass is 16.5. The first-order valence-corrected chi connectivity index (χ1v) is 9.90. The summed E-state index contributed by atoms with van der Waals surface area (Å²) in [5.74, 6) is -1.30. The average molecular weight is 418 g/mol. The molecule has 0 radical (unpaired) electrons. The van der Waals surface area contributed by atoms with Crippen LogP contribution >= 0.6 is 0 Å². The maximum atomic E-state index is 12.5. The van der Waals surface area contributed by atoms with Crippen LogP contribution in [0.2, 0.25) is 0 Å². The van der Waals surface area contributed by atoms with E-state index in [1.54, 1.807) is 0 Å². The normalized spacial score (nSPS) is 11.9. The molecule has 0 aliphatic heterocycles. The number of aryl methyl sites for hydroxylation is 2. The van der Waals surface area contributed by atoms with Crippen LogP contribution in [0.5, 0.6) is 0 Å². The first kappa shape index (κ1) is 23.4. The molecule has 7 nitrogen and oxygen atoms in total. The number of benzene rings is 1. The lowest BCUT2D eigenvalue weighted by Crippen LogP contribution is -2.38. The number of amides is 1. The van der Waals surface area contributed by atoms with Crippen molar-refractivity contribution in [3.8, 4) is 17.8 Å². The number of rotatable bonds is 7. The molecule has 1 amide bonds. The van der Waals surface area contributed by atoms with Gasteiger partial charge in [-0.15, -0.1) is 0 Å². The minimum Gasteiger partial charge on any atom is -0.448 e. The van der Waals surface area contributed by atoms with E-state index in [1.165, 1.54) is 24.9 Å². The number of hydrogen-bond acceptors (Lipinski definition) is 5. The Morgan fingerprint density at radius 1 is 1.19 bits per heavy atom. The third kappa shape index (κ3) is 5.61. The van der Waals surface area contributed by atoms with Crippen LogP contribution in [0.4, 0.5) is 0 Å². The summed E-state index contributed by atoms with van der Waals surface area (Å²) in [4.78, 5) is 26.1. The van der Waals surface area contributed by atoms with Gasteiger partial charge < -0.3 is 14.2 Å². The van der Waals surface area contributed by atoms with Crippen LogP contribution < -0.4 is 0 Å². The van der Waals surface area contributed by atoms with E-state index in [4.69, 9.17) is 10.00 Å². The summed E-state index contributed by atoms with van der Waals surface area (Å²) >= 11 is 0. The third-order valence-electron chi connectivity index (χ3n) is 4.97. The average Bonchev–Trinajstić information content (AvgIpc) is 3.02. The minimum absolute atomic E-state index is 0.183. The highest BCUT2D eigenvalue weighted by Gasteiger charge is 2.23. The molecule has 0 aliphatic rings. The highest BCUT2D eigenvalue weighted by molar-refractivity contribution is 5.99. The van der Waals surface area contributed by atoms with Crippen molar-refractivity contribution >= 4 is 18.0 Å². The Balaban J connectivity index is 2.24. The standard InChI is InChI=1S/C24H26N4O3/c1-16-7-9-22(10-8-16)28-17(2)13-20(18(28)3)14-21(15-26)24(30)31-19(4)23(29)27(5)12-6-11-25/h7-10,13-14,19H,6,12H2,1-5H3/b21-14+/t19-/m1/s1. The SMILES string of the molecule is Cc1ccc(-n2c(C)cc(/C=C(\C#N)C(=O)O[C@H](C)C(=O)N(C)CCC#N)c2C)cc1. The zero-order valence-corrected chi connectivity index (χ0v) is 18.5. The Morgan fingerprint density at radius 2 is 1.84 bits per heavy atom. The van der Waals surface area contributed by atoms with Gasteiger partial charge in [0.15, 0.2) is 6.10 Å². The van der Waals surface area contributed by atoms with Crippen molar-refractivity contribution in [2.24, 2.45) is 0 Å². The summed E-state index contributed by atoms with van der Waals surface area (Å²) in [6.07, 6.45) is 0.599. The molecule has 1 aromatic heterocycles. The molecule has 0 spiro atoms. The molecule has 0 fully saturated rings. The fourth-order valence-electron chi connectivity index (χ4n) is 3.23. The Hall–Kier alpha value is -3.84. The smallest absolute Gasteiger partial charge is 0.349 e. The molecule has 0 saturated carbocycles. The van der Waals surface area contributed by atoms with Crippen molar-refractivity contribution in [1.29, 1.82) is 10.5 Å². The fraction of sp³-hybridized carbons (Fsp3) is 0.333. The van der Waals surface area contributed by atoms with E-state index in [0.29, 0.717) is 0 Å². The maximum Gasteiger partial charge on any atom is 0.349 e. The van der Waals surface area contributed by atoms with Crippen molar-refractivity contribution in [2.45, 2.75) is 40.2 Å². The third-order valence-corrected chi connectivity index (χ3v) is 4.97. The molecule has 160 valence electrons. The van der Waals surface area contributed by atoms with Crippen LogP contribution in [0.3, 0.4) is 0 Å². The van der Waals surface area contributed by atoms with Crippen molar-refractivity contribution in [2.75, 3.05) is 13.6 Å². The fourth-order valence-corrected chi connectivity index (χ4v) is 3.23. The van der Waals surface area contributed by atoms with Gasteiger partial charge in [0.05, 0.1) is 12.5 Å². The lowest BCUT2D eigenvalue weighted by Gasteiger charge is -2.20. The lowest BCUT2D eigenvalue weighted by molar-refractivity contribution is -0.155. The molecule has 0 unspecified atom stereocenters. The molecular formula is C24H26N4O3. The molecule has 1 aromatic carbocycles. The Kier molecular flexibility index (Phi) is 7.76. The van der Waals surface area contributed by atoms with Gasteiger partial charge >= 0.3 is 5.97 Å². The molecule has 1 heterocycles. The molecule has 0 N–H and O–H groups in total. The van der Waals surface area contributed by atoms with Crippen molar-refractivity contribution in [3.05, 3.63) is 58.4 Å². The summed E-state index contributed by atoms with van der Waals surface area (Å²) in [5.41, 5.74) is 4.51. The predicted molar refractivity (Wildman–Crippen MR) is 117 cm³/mol. The summed E-state index contributed by atoms with van der Waals surface area (Å²) in [7, 11) is 1.53. The van der Waals surface area contributed by atoms with Crippen LogP contribution in [0.15, 0.2) is 35.9 Å². The highest BCUT2D eigenvalue weighted by Crippen LogP contribution is 2.23. The minimum atomic E-state index is -1.06. The summed E-state index contributed by atoms with van der Waals surface area (Å²) in [5, 5.41) is 18.1. The van der Waals surface area contributed by atoms with Gasteiger partial charge in [0.25, 0.3) is 5.91 Å². The monoisotopic (exact) mass is 418 g/mol. The zero-order chi connectivity index (χ0) is 23.1. The van der Waals surface area contributed by atoms with E-state index >= 15 is 0 Å². The number of carbonyl (C=O) groups is 2. The van der Waals surface area contributed by atoms with E-state index in [2.05, 4.69) is 0 Å². The molecule has 7 heteroatoms. The Morgan fingerprint density at radius 3 is 2.42 bits per heavy atom. The van der Waals surface area contributed by atoms with Gasteiger partial charge in [-0.2, -0.15) is 10.5 Å². The second-order valence-corrected chi connectivity index (χ2v) is 7.38. The molecular weight excluding hydrogens is 392 g/mol. The first-order chi connectivity index (χ1) is 14.7. The van der Waals surface area contributed by atoms with Gasteiger partial charge in [0.2, 0.25) is 0 Å². The first-order valence-electron chi connectivity index (χ1n) is 9.90. The van der Waals surface area contributed by atoms with E-state index < -0.39 is 18.0 Å². The quantitative estimate of drug-likeness (QED) is 0.388. The second-order valence-electron chi connectivity index (χ2n) is 7.38. The Labute approximate surface area is 182 Å².